The first kappa shape index (κ1) is 29.9. The van der Waals surface area contributed by atoms with E-state index in [4.69, 9.17) is 4.74 Å². The van der Waals surface area contributed by atoms with Crippen LogP contribution in [0.1, 0.15) is 34.0 Å². The van der Waals surface area contributed by atoms with E-state index < -0.39 is 29.9 Å². The summed E-state index contributed by atoms with van der Waals surface area (Å²) in [6, 6.07) is 16.9. The molecule has 4 amide bonds. The van der Waals surface area contributed by atoms with Crippen molar-refractivity contribution in [1.82, 2.24) is 14.8 Å². The molecular weight excluding hydrogens is 573 g/mol. The zero-order valence-corrected chi connectivity index (χ0v) is 24.7. The zero-order valence-electron chi connectivity index (χ0n) is 23.9. The van der Waals surface area contributed by atoms with Crippen molar-refractivity contribution in [1.29, 1.82) is 0 Å². The number of ether oxygens (including phenoxy) is 1. The van der Waals surface area contributed by atoms with E-state index in [2.05, 4.69) is 15.6 Å². The number of amides is 4. The monoisotopic (exact) mass is 605 g/mol. The van der Waals surface area contributed by atoms with Gasteiger partial charge >= 0.3 is 6.03 Å². The highest BCUT2D eigenvalue weighted by Gasteiger charge is 2.35. The molecule has 1 aromatic heterocycles. The average Bonchev–Trinajstić information content (AvgIpc) is 3.44. The molecule has 0 saturated carbocycles. The number of urea groups is 1. The number of carbonyl (C=O) groups excluding carboxylic acids is 3. The molecule has 43 heavy (non-hydrogen) atoms. The molecule has 0 unspecified atom stereocenters. The van der Waals surface area contributed by atoms with Crippen LogP contribution >= 0.6 is 11.3 Å². The van der Waals surface area contributed by atoms with Crippen LogP contribution < -0.4 is 15.4 Å². The van der Waals surface area contributed by atoms with Gasteiger partial charge in [0.25, 0.3) is 11.8 Å². The van der Waals surface area contributed by atoms with E-state index in [0.29, 0.717) is 11.2 Å². The number of nitrogens with zero attached hydrogens (tertiary/aromatic N) is 3. The number of hydrogen-bond donors (Lipinski definition) is 3. The predicted octanol–water partition coefficient (Wildman–Crippen LogP) is 5.07. The lowest BCUT2D eigenvalue weighted by Crippen LogP contribution is -2.50. The fraction of sp³-hybridized carbons (Fsp3) is 0.290. The van der Waals surface area contributed by atoms with Crippen LogP contribution in [0.3, 0.4) is 0 Å². The van der Waals surface area contributed by atoms with Crippen LogP contribution in [-0.2, 0) is 0 Å². The normalized spacial score (nSPS) is 17.3. The third kappa shape index (κ3) is 6.60. The number of nitrogens with one attached hydrogen (secondary N) is 2. The van der Waals surface area contributed by atoms with Crippen molar-refractivity contribution in [2.75, 3.05) is 37.4 Å². The van der Waals surface area contributed by atoms with Gasteiger partial charge in [-0.1, -0.05) is 25.1 Å². The van der Waals surface area contributed by atoms with Crippen LogP contribution in [-0.4, -0.2) is 76.6 Å². The van der Waals surface area contributed by atoms with Crippen LogP contribution in [0.2, 0.25) is 0 Å². The Morgan fingerprint density at radius 2 is 1.88 bits per heavy atom. The third-order valence-corrected chi connectivity index (χ3v) is 8.36. The maximum absolute atomic E-state index is 13.7. The number of benzene rings is 3. The molecule has 0 spiro atoms. The van der Waals surface area contributed by atoms with Gasteiger partial charge in [0.15, 0.2) is 10.8 Å². The van der Waals surface area contributed by atoms with Crippen LogP contribution in [0.15, 0.2) is 66.7 Å². The largest absolute Gasteiger partial charge is 0.485 e. The van der Waals surface area contributed by atoms with E-state index in [9.17, 15) is 23.9 Å². The summed E-state index contributed by atoms with van der Waals surface area (Å²) in [7, 11) is 1.61. The van der Waals surface area contributed by atoms with Gasteiger partial charge in [-0.3, -0.25) is 9.59 Å². The van der Waals surface area contributed by atoms with E-state index in [1.165, 1.54) is 40.5 Å². The van der Waals surface area contributed by atoms with Gasteiger partial charge in [0.1, 0.15) is 11.9 Å². The average molecular weight is 606 g/mol. The second kappa shape index (κ2) is 12.8. The van der Waals surface area contributed by atoms with Crippen molar-refractivity contribution in [3.63, 3.8) is 0 Å². The minimum Gasteiger partial charge on any atom is -0.485 e. The first-order valence-electron chi connectivity index (χ1n) is 13.8. The number of para-hydroxylation sites is 2. The Morgan fingerprint density at radius 1 is 1.14 bits per heavy atom. The molecule has 1 aliphatic rings. The van der Waals surface area contributed by atoms with Gasteiger partial charge in [-0.05, 0) is 55.5 Å². The molecule has 12 heteroatoms. The maximum atomic E-state index is 13.7. The molecule has 4 aromatic rings. The molecule has 0 radical (unpaired) electrons. The second-order valence-electron chi connectivity index (χ2n) is 10.6. The quantitative estimate of drug-likeness (QED) is 0.270. The Bertz CT molecular complexity index is 1610. The lowest BCUT2D eigenvalue weighted by molar-refractivity contribution is 0.0372. The van der Waals surface area contributed by atoms with Gasteiger partial charge in [-0.2, -0.15) is 0 Å². The number of halogens is 1. The molecule has 5 rings (SSSR count). The van der Waals surface area contributed by atoms with Gasteiger partial charge in [-0.25, -0.2) is 14.2 Å². The van der Waals surface area contributed by atoms with Crippen molar-refractivity contribution in [3.05, 3.63) is 83.1 Å². The summed E-state index contributed by atoms with van der Waals surface area (Å²) in [5.74, 6) is -1.32. The lowest BCUT2D eigenvalue weighted by Gasteiger charge is -2.38. The first-order chi connectivity index (χ1) is 20.6. The zero-order chi connectivity index (χ0) is 30.7. The van der Waals surface area contributed by atoms with Gasteiger partial charge in [0.2, 0.25) is 0 Å². The van der Waals surface area contributed by atoms with Crippen molar-refractivity contribution in [2.24, 2.45) is 5.92 Å². The topological polar surface area (TPSA) is 124 Å². The molecule has 1 aliphatic heterocycles. The van der Waals surface area contributed by atoms with E-state index in [1.807, 2.05) is 31.2 Å². The Hall–Kier alpha value is -4.55. The molecular formula is C31H32FN5O5S. The SMILES string of the molecule is C[C@@H]1CN([C@H](C)CO)C(=O)c2cccc(NC(=O)c3nc4ccccc4s3)c2O[C@H]1CN(C)C(=O)Nc1ccc(F)cc1. The highest BCUT2D eigenvalue weighted by Crippen LogP contribution is 2.35. The molecule has 0 bridgehead atoms. The number of carbonyl (C=O) groups is 3. The Balaban J connectivity index is 1.44. The number of likely N-dealkylation sites (N-methyl/N-ethyl adjacent to an activating group) is 1. The van der Waals surface area contributed by atoms with E-state index in [0.717, 1.165) is 4.70 Å². The first-order valence-corrected chi connectivity index (χ1v) is 14.6. The molecule has 3 atom stereocenters. The van der Waals surface area contributed by atoms with Gasteiger partial charge in [0, 0.05) is 25.2 Å². The van der Waals surface area contributed by atoms with Crippen molar-refractivity contribution < 1.29 is 28.6 Å². The predicted molar refractivity (Wildman–Crippen MR) is 163 cm³/mol. The third-order valence-electron chi connectivity index (χ3n) is 7.32. The minimum absolute atomic E-state index is 0.128. The van der Waals surface area contributed by atoms with Crippen molar-refractivity contribution in [2.45, 2.75) is 26.0 Å². The molecule has 10 nitrogen and oxygen atoms in total. The fourth-order valence-electron chi connectivity index (χ4n) is 4.81. The van der Waals surface area contributed by atoms with Gasteiger partial charge in [0.05, 0.1) is 40.7 Å². The van der Waals surface area contributed by atoms with Crippen LogP contribution in [0.5, 0.6) is 5.75 Å². The number of aromatic nitrogens is 1. The highest BCUT2D eigenvalue weighted by atomic mass is 32.1. The summed E-state index contributed by atoms with van der Waals surface area (Å²) in [5, 5.41) is 15.8. The summed E-state index contributed by atoms with van der Waals surface area (Å²) in [4.78, 5) is 47.5. The molecule has 2 heterocycles. The second-order valence-corrected chi connectivity index (χ2v) is 11.6. The number of fused-ring (bicyclic) bond motifs is 2. The van der Waals surface area contributed by atoms with Crippen molar-refractivity contribution in [3.8, 4) is 5.75 Å². The van der Waals surface area contributed by atoms with Crippen LogP contribution in [0, 0.1) is 11.7 Å². The smallest absolute Gasteiger partial charge is 0.321 e. The number of anilines is 2. The fourth-order valence-corrected chi connectivity index (χ4v) is 5.67. The van der Waals surface area contributed by atoms with E-state index in [-0.39, 0.29) is 53.5 Å². The Kier molecular flexibility index (Phi) is 8.88. The molecule has 3 aromatic carbocycles. The van der Waals surface area contributed by atoms with Crippen molar-refractivity contribution >= 4 is 50.8 Å². The van der Waals surface area contributed by atoms with Gasteiger partial charge < -0.3 is 30.3 Å². The Morgan fingerprint density at radius 3 is 2.60 bits per heavy atom. The lowest BCUT2D eigenvalue weighted by atomic mass is 9.99. The van der Waals surface area contributed by atoms with E-state index in [1.54, 1.807) is 37.1 Å². The number of aliphatic hydroxyl groups is 1. The standard InChI is InChI=1S/C31H32FN5O5S/c1-18-15-37(19(2)17-38)30(40)22-7-6-9-24(34-28(39)29-35-23-8-4-5-10-26(23)43-29)27(22)42-25(18)16-36(3)31(41)33-21-13-11-20(32)12-14-21/h4-14,18-19,25,38H,15-17H2,1-3H3,(H,33,41)(H,34,39)/t18-,19-,25+/m1/s1. The van der Waals surface area contributed by atoms with E-state index >= 15 is 0 Å². The maximum Gasteiger partial charge on any atom is 0.321 e. The summed E-state index contributed by atoms with van der Waals surface area (Å²) in [6.45, 7) is 3.80. The molecule has 0 fully saturated rings. The molecule has 224 valence electrons. The highest BCUT2D eigenvalue weighted by molar-refractivity contribution is 7.20. The van der Waals surface area contributed by atoms with Crippen LogP contribution in [0.25, 0.3) is 10.2 Å². The summed E-state index contributed by atoms with van der Waals surface area (Å²) in [6.07, 6.45) is -0.607. The number of thiazole rings is 1. The number of aliphatic hydroxyl groups excluding tert-OH is 1. The summed E-state index contributed by atoms with van der Waals surface area (Å²) in [5.41, 5.74) is 1.64. The summed E-state index contributed by atoms with van der Waals surface area (Å²) < 4.78 is 20.7. The number of rotatable bonds is 7. The Labute approximate surface area is 252 Å². The molecule has 0 saturated heterocycles. The van der Waals surface area contributed by atoms with Gasteiger partial charge in [-0.15, -0.1) is 11.3 Å². The minimum atomic E-state index is -0.607. The summed E-state index contributed by atoms with van der Waals surface area (Å²) >= 11 is 1.25. The molecule has 0 aliphatic carbocycles. The number of hydrogen-bond acceptors (Lipinski definition) is 7. The molecule has 3 N–H and O–H groups in total. The van der Waals surface area contributed by atoms with Crippen LogP contribution in [0.4, 0.5) is 20.6 Å².